The summed E-state index contributed by atoms with van der Waals surface area (Å²) in [5.41, 5.74) is 2.06. The molecule has 4 rings (SSSR count). The van der Waals surface area contributed by atoms with Crippen LogP contribution in [0, 0.1) is 5.92 Å². The summed E-state index contributed by atoms with van der Waals surface area (Å²) in [6.07, 6.45) is 0.760. The topological polar surface area (TPSA) is 92.7 Å². The van der Waals surface area contributed by atoms with Crippen molar-refractivity contribution in [3.05, 3.63) is 59.2 Å². The standard InChI is InChI=1S/C30H34O8/c1-17-13-19-14-21(33-3)26(36-6)28(38-29(31)18-11-9-8-10-12-18)23(19)24-20(16-30(17,2)32)15-22(34-4)25(35-5)27(24)37-7/h8-12,14-15,17,32H,13,16H2,1-7H3. The molecule has 1 N–H and O–H groups in total. The van der Waals surface area contributed by atoms with Crippen LogP contribution in [-0.4, -0.2) is 52.2 Å². The summed E-state index contributed by atoms with van der Waals surface area (Å²) < 4.78 is 34.7. The number of ether oxygens (including phenoxy) is 6. The van der Waals surface area contributed by atoms with E-state index in [1.165, 1.54) is 28.4 Å². The van der Waals surface area contributed by atoms with Crippen molar-refractivity contribution >= 4 is 5.97 Å². The van der Waals surface area contributed by atoms with Crippen molar-refractivity contribution in [1.82, 2.24) is 0 Å². The first-order valence-electron chi connectivity index (χ1n) is 12.3. The summed E-state index contributed by atoms with van der Waals surface area (Å²) >= 11 is 0. The Morgan fingerprint density at radius 2 is 1.32 bits per heavy atom. The molecule has 202 valence electrons. The molecule has 1 aliphatic carbocycles. The van der Waals surface area contributed by atoms with E-state index in [9.17, 15) is 9.90 Å². The van der Waals surface area contributed by atoms with Crippen LogP contribution in [0.15, 0.2) is 42.5 Å². The zero-order chi connectivity index (χ0) is 27.6. The van der Waals surface area contributed by atoms with Gasteiger partial charge >= 0.3 is 5.97 Å². The van der Waals surface area contributed by atoms with E-state index >= 15 is 0 Å². The number of hydrogen-bond donors (Lipinski definition) is 1. The monoisotopic (exact) mass is 522 g/mol. The molecule has 0 saturated carbocycles. The molecule has 0 bridgehead atoms. The molecular weight excluding hydrogens is 488 g/mol. The van der Waals surface area contributed by atoms with Crippen LogP contribution in [0.1, 0.15) is 35.3 Å². The van der Waals surface area contributed by atoms with Gasteiger partial charge in [0.2, 0.25) is 11.5 Å². The number of fused-ring (bicyclic) bond motifs is 3. The second-order valence-corrected chi connectivity index (χ2v) is 9.55. The lowest BCUT2D eigenvalue weighted by atomic mass is 9.75. The Labute approximate surface area is 223 Å². The first-order chi connectivity index (χ1) is 18.2. The number of carbonyl (C=O) groups excluding carboxylic acids is 1. The molecule has 38 heavy (non-hydrogen) atoms. The number of carbonyl (C=O) groups is 1. The van der Waals surface area contributed by atoms with Crippen molar-refractivity contribution in [1.29, 1.82) is 0 Å². The Kier molecular flexibility index (Phi) is 7.73. The molecule has 0 amide bonds. The van der Waals surface area contributed by atoms with Crippen molar-refractivity contribution in [3.8, 4) is 45.6 Å². The van der Waals surface area contributed by atoms with E-state index in [4.69, 9.17) is 28.4 Å². The van der Waals surface area contributed by atoms with Crippen molar-refractivity contribution in [2.45, 2.75) is 32.3 Å². The van der Waals surface area contributed by atoms with Gasteiger partial charge in [-0.25, -0.2) is 4.79 Å². The average molecular weight is 523 g/mol. The zero-order valence-corrected chi connectivity index (χ0v) is 22.8. The highest BCUT2D eigenvalue weighted by Gasteiger charge is 2.38. The molecule has 3 aromatic rings. The molecule has 8 nitrogen and oxygen atoms in total. The first-order valence-corrected chi connectivity index (χ1v) is 12.3. The highest BCUT2D eigenvalue weighted by atomic mass is 16.6. The average Bonchev–Trinajstić information content (AvgIpc) is 2.92. The predicted molar refractivity (Wildman–Crippen MR) is 143 cm³/mol. The first kappa shape index (κ1) is 27.1. The molecule has 0 saturated heterocycles. The zero-order valence-electron chi connectivity index (χ0n) is 22.8. The maximum atomic E-state index is 13.3. The molecule has 0 fully saturated rings. The van der Waals surface area contributed by atoms with Gasteiger partial charge < -0.3 is 33.5 Å². The maximum absolute atomic E-state index is 13.3. The molecule has 1 aliphatic rings. The van der Waals surface area contributed by atoms with E-state index in [0.717, 1.165) is 11.1 Å². The van der Waals surface area contributed by atoms with Crippen molar-refractivity contribution in [2.75, 3.05) is 35.5 Å². The van der Waals surface area contributed by atoms with E-state index in [1.807, 2.05) is 32.0 Å². The van der Waals surface area contributed by atoms with Crippen LogP contribution in [0.4, 0.5) is 0 Å². The summed E-state index contributed by atoms with van der Waals surface area (Å²) in [5, 5.41) is 11.5. The van der Waals surface area contributed by atoms with E-state index in [2.05, 4.69) is 0 Å². The van der Waals surface area contributed by atoms with Gasteiger partial charge in [-0.1, -0.05) is 25.1 Å². The van der Waals surface area contributed by atoms with Crippen LogP contribution in [-0.2, 0) is 12.8 Å². The Morgan fingerprint density at radius 3 is 1.87 bits per heavy atom. The Balaban J connectivity index is 2.13. The molecule has 0 spiro atoms. The van der Waals surface area contributed by atoms with E-state index < -0.39 is 11.6 Å². The molecular formula is C30H34O8. The number of rotatable bonds is 7. The van der Waals surface area contributed by atoms with Crippen molar-refractivity contribution < 1.29 is 38.3 Å². The van der Waals surface area contributed by atoms with Gasteiger partial charge in [-0.3, -0.25) is 0 Å². The van der Waals surface area contributed by atoms with Crippen LogP contribution in [0.5, 0.6) is 34.5 Å². The SMILES string of the molecule is COc1cc2c(c(OC)c1OC)-c1c(cc(OC)c(OC)c1OC(=O)c1ccccc1)CC(C)C(C)(O)C2. The summed E-state index contributed by atoms with van der Waals surface area (Å²) in [4.78, 5) is 13.3. The lowest BCUT2D eigenvalue weighted by molar-refractivity contribution is 0.00625. The molecule has 3 aromatic carbocycles. The summed E-state index contributed by atoms with van der Waals surface area (Å²) in [7, 11) is 7.63. The number of benzene rings is 3. The minimum atomic E-state index is -1.06. The van der Waals surface area contributed by atoms with Gasteiger partial charge in [-0.15, -0.1) is 0 Å². The van der Waals surface area contributed by atoms with Crippen LogP contribution in [0.3, 0.4) is 0 Å². The summed E-state index contributed by atoms with van der Waals surface area (Å²) in [5.74, 6) is 1.36. The highest BCUT2D eigenvalue weighted by Crippen LogP contribution is 2.56. The van der Waals surface area contributed by atoms with E-state index in [-0.39, 0.29) is 17.4 Å². The Morgan fingerprint density at radius 1 is 0.789 bits per heavy atom. The van der Waals surface area contributed by atoms with Crippen molar-refractivity contribution in [2.24, 2.45) is 5.92 Å². The second-order valence-electron chi connectivity index (χ2n) is 9.55. The molecule has 0 aliphatic heterocycles. The smallest absolute Gasteiger partial charge is 0.343 e. The largest absolute Gasteiger partial charge is 0.493 e. The molecule has 2 atom stereocenters. The van der Waals surface area contributed by atoms with Crippen molar-refractivity contribution in [3.63, 3.8) is 0 Å². The fourth-order valence-corrected chi connectivity index (χ4v) is 5.00. The fraction of sp³-hybridized carbons (Fsp3) is 0.367. The van der Waals surface area contributed by atoms with Gasteiger partial charge in [-0.2, -0.15) is 0 Å². The minimum absolute atomic E-state index is 0.163. The Bertz CT molecular complexity index is 1330. The van der Waals surface area contributed by atoms with Crippen LogP contribution in [0.2, 0.25) is 0 Å². The second kappa shape index (κ2) is 10.8. The number of methoxy groups -OCH3 is 5. The fourth-order valence-electron chi connectivity index (χ4n) is 5.00. The van der Waals surface area contributed by atoms with Crippen LogP contribution < -0.4 is 28.4 Å². The van der Waals surface area contributed by atoms with Gasteiger partial charge in [0.25, 0.3) is 0 Å². The van der Waals surface area contributed by atoms with E-state index in [0.29, 0.717) is 52.5 Å². The Hall–Kier alpha value is -3.91. The lowest BCUT2D eigenvalue weighted by Gasteiger charge is -2.36. The van der Waals surface area contributed by atoms with Gasteiger partial charge in [0.15, 0.2) is 23.0 Å². The third kappa shape index (κ3) is 4.72. The van der Waals surface area contributed by atoms with Gasteiger partial charge in [-0.05, 0) is 54.7 Å². The third-order valence-corrected chi connectivity index (χ3v) is 7.21. The van der Waals surface area contributed by atoms with Crippen LogP contribution >= 0.6 is 0 Å². The normalized spacial score (nSPS) is 18.3. The lowest BCUT2D eigenvalue weighted by Crippen LogP contribution is -2.37. The third-order valence-electron chi connectivity index (χ3n) is 7.21. The predicted octanol–water partition coefficient (Wildman–Crippen LogP) is 5.10. The molecule has 0 aromatic heterocycles. The summed E-state index contributed by atoms with van der Waals surface area (Å²) in [6.45, 7) is 3.80. The number of hydrogen-bond acceptors (Lipinski definition) is 8. The van der Waals surface area contributed by atoms with Gasteiger partial charge in [0.1, 0.15) is 0 Å². The van der Waals surface area contributed by atoms with E-state index in [1.54, 1.807) is 31.4 Å². The highest BCUT2D eigenvalue weighted by molar-refractivity contribution is 5.95. The molecule has 0 heterocycles. The number of aliphatic hydroxyl groups is 1. The van der Waals surface area contributed by atoms with Crippen LogP contribution in [0.25, 0.3) is 11.1 Å². The molecule has 2 unspecified atom stereocenters. The minimum Gasteiger partial charge on any atom is -0.493 e. The quantitative estimate of drug-likeness (QED) is 0.338. The molecule has 8 heteroatoms. The van der Waals surface area contributed by atoms with Gasteiger partial charge in [0, 0.05) is 17.5 Å². The maximum Gasteiger partial charge on any atom is 0.343 e. The van der Waals surface area contributed by atoms with Gasteiger partial charge in [0.05, 0.1) is 46.7 Å². The number of esters is 1. The molecule has 0 radical (unpaired) electrons. The summed E-state index contributed by atoms with van der Waals surface area (Å²) in [6, 6.07) is 12.4.